The van der Waals surface area contributed by atoms with Crippen molar-refractivity contribution >= 4 is 29.7 Å². The van der Waals surface area contributed by atoms with Gasteiger partial charge in [0, 0.05) is 19.3 Å². The fourth-order valence-corrected chi connectivity index (χ4v) is 1.98. The Hall–Kier alpha value is -2.57. The standard InChI is InChI=1S/C19H30O12/c20-15(19(25)26)5-6-18(24)31-14-12-29-10-8-27-7-9-28-11-13-30-17(23)4-2-1-3-16(21)22/h1-14H2,(H,21,22)(H,25,26). The SMILES string of the molecule is O=C(O)CCCCC(=O)OCCOCCOCCOCCOC(=O)CCC(=O)C(=O)O. The lowest BCUT2D eigenvalue weighted by Gasteiger charge is -2.08. The van der Waals surface area contributed by atoms with E-state index >= 15 is 0 Å². The first-order valence-corrected chi connectivity index (χ1v) is 9.85. The summed E-state index contributed by atoms with van der Waals surface area (Å²) in [5, 5.41) is 16.9. The molecule has 31 heavy (non-hydrogen) atoms. The topological polar surface area (TPSA) is 172 Å². The number of aliphatic carboxylic acids is 2. The number of carbonyl (C=O) groups is 5. The summed E-state index contributed by atoms with van der Waals surface area (Å²) in [5.74, 6) is -4.56. The summed E-state index contributed by atoms with van der Waals surface area (Å²) in [4.78, 5) is 54.1. The van der Waals surface area contributed by atoms with Crippen LogP contribution in [0.5, 0.6) is 0 Å². The predicted octanol–water partition coefficient (Wildman–Crippen LogP) is 0.202. The maximum atomic E-state index is 11.4. The molecule has 0 fully saturated rings. The van der Waals surface area contributed by atoms with Crippen LogP contribution >= 0.6 is 0 Å². The maximum Gasteiger partial charge on any atom is 0.372 e. The smallest absolute Gasteiger partial charge is 0.372 e. The summed E-state index contributed by atoms with van der Waals surface area (Å²) < 4.78 is 25.4. The zero-order valence-corrected chi connectivity index (χ0v) is 17.4. The van der Waals surface area contributed by atoms with Gasteiger partial charge in [-0.2, -0.15) is 0 Å². The molecule has 178 valence electrons. The van der Waals surface area contributed by atoms with Crippen molar-refractivity contribution in [2.24, 2.45) is 0 Å². The lowest BCUT2D eigenvalue weighted by Crippen LogP contribution is -2.17. The number of carboxylic acid groups (broad SMARTS) is 2. The molecular formula is C19H30O12. The molecule has 0 aliphatic rings. The Kier molecular flexibility index (Phi) is 17.8. The molecule has 0 saturated heterocycles. The van der Waals surface area contributed by atoms with Crippen LogP contribution in [0.4, 0.5) is 0 Å². The number of ether oxygens (including phenoxy) is 5. The highest BCUT2D eigenvalue weighted by molar-refractivity contribution is 6.32. The fraction of sp³-hybridized carbons (Fsp3) is 0.737. The van der Waals surface area contributed by atoms with E-state index in [9.17, 15) is 24.0 Å². The van der Waals surface area contributed by atoms with E-state index in [4.69, 9.17) is 33.9 Å². The lowest BCUT2D eigenvalue weighted by atomic mass is 10.2. The Labute approximate surface area is 179 Å². The number of rotatable bonds is 21. The Morgan fingerprint density at radius 2 is 0.935 bits per heavy atom. The largest absolute Gasteiger partial charge is 0.481 e. The van der Waals surface area contributed by atoms with Gasteiger partial charge in [0.2, 0.25) is 5.78 Å². The minimum Gasteiger partial charge on any atom is -0.481 e. The van der Waals surface area contributed by atoms with Gasteiger partial charge in [-0.3, -0.25) is 19.2 Å². The minimum absolute atomic E-state index is 0.0124. The van der Waals surface area contributed by atoms with E-state index in [-0.39, 0.29) is 58.3 Å². The third-order valence-corrected chi connectivity index (χ3v) is 3.54. The van der Waals surface area contributed by atoms with E-state index in [0.717, 1.165) is 0 Å². The van der Waals surface area contributed by atoms with Crippen molar-refractivity contribution in [2.75, 3.05) is 52.9 Å². The Morgan fingerprint density at radius 1 is 0.516 bits per heavy atom. The van der Waals surface area contributed by atoms with Gasteiger partial charge in [0.15, 0.2) is 0 Å². The number of hydrogen-bond acceptors (Lipinski definition) is 10. The number of ketones is 1. The van der Waals surface area contributed by atoms with Crippen LogP contribution in [0.25, 0.3) is 0 Å². The Morgan fingerprint density at radius 3 is 1.39 bits per heavy atom. The first kappa shape index (κ1) is 28.4. The first-order valence-electron chi connectivity index (χ1n) is 9.85. The van der Waals surface area contributed by atoms with E-state index in [2.05, 4.69) is 0 Å². The second-order valence-corrected chi connectivity index (χ2v) is 6.11. The molecule has 0 unspecified atom stereocenters. The van der Waals surface area contributed by atoms with Crippen molar-refractivity contribution in [3.8, 4) is 0 Å². The molecule has 0 aliphatic heterocycles. The summed E-state index contributed by atoms with van der Waals surface area (Å²) >= 11 is 0. The van der Waals surface area contributed by atoms with Gasteiger partial charge >= 0.3 is 23.9 Å². The molecule has 12 nitrogen and oxygen atoms in total. The highest BCUT2D eigenvalue weighted by Crippen LogP contribution is 2.01. The molecule has 0 saturated carbocycles. The molecular weight excluding hydrogens is 420 g/mol. The Balaban J connectivity index is 3.30. The van der Waals surface area contributed by atoms with Gasteiger partial charge in [-0.05, 0) is 12.8 Å². The molecule has 0 aromatic carbocycles. The molecule has 12 heteroatoms. The van der Waals surface area contributed by atoms with Crippen LogP contribution in [0.1, 0.15) is 38.5 Å². The van der Waals surface area contributed by atoms with E-state index in [0.29, 0.717) is 32.7 Å². The number of Topliss-reactive ketones (excluding diaryl/α,β-unsaturated/α-hetero) is 1. The average molecular weight is 450 g/mol. The van der Waals surface area contributed by atoms with Crippen LogP contribution < -0.4 is 0 Å². The van der Waals surface area contributed by atoms with E-state index in [1.165, 1.54) is 0 Å². The van der Waals surface area contributed by atoms with Gasteiger partial charge in [-0.25, -0.2) is 4.79 Å². The van der Waals surface area contributed by atoms with E-state index in [1.807, 2.05) is 0 Å². The zero-order valence-electron chi connectivity index (χ0n) is 17.4. The molecule has 0 aromatic rings. The Bertz CT molecular complexity index is 560. The highest BCUT2D eigenvalue weighted by Gasteiger charge is 2.14. The highest BCUT2D eigenvalue weighted by atomic mass is 16.6. The lowest BCUT2D eigenvalue weighted by molar-refractivity contribution is -0.151. The number of carbonyl (C=O) groups excluding carboxylic acids is 3. The third-order valence-electron chi connectivity index (χ3n) is 3.54. The molecule has 0 aliphatic carbocycles. The predicted molar refractivity (Wildman–Crippen MR) is 102 cm³/mol. The van der Waals surface area contributed by atoms with Crippen molar-refractivity contribution in [3.63, 3.8) is 0 Å². The minimum atomic E-state index is -1.58. The van der Waals surface area contributed by atoms with E-state index < -0.39 is 30.1 Å². The quantitative estimate of drug-likeness (QED) is 0.138. The van der Waals surface area contributed by atoms with Crippen LogP contribution in [-0.2, 0) is 47.7 Å². The van der Waals surface area contributed by atoms with E-state index in [1.54, 1.807) is 0 Å². The molecule has 0 rings (SSSR count). The summed E-state index contributed by atoms with van der Waals surface area (Å²) in [5.41, 5.74) is 0. The average Bonchev–Trinajstić information content (AvgIpc) is 2.72. The zero-order chi connectivity index (χ0) is 23.3. The van der Waals surface area contributed by atoms with Gasteiger partial charge < -0.3 is 33.9 Å². The summed E-state index contributed by atoms with van der Waals surface area (Å²) in [6.45, 7) is 1.67. The second kappa shape index (κ2) is 19.4. The second-order valence-electron chi connectivity index (χ2n) is 6.11. The molecule has 2 N–H and O–H groups in total. The fourth-order valence-electron chi connectivity index (χ4n) is 1.98. The van der Waals surface area contributed by atoms with Gasteiger partial charge in [-0.15, -0.1) is 0 Å². The van der Waals surface area contributed by atoms with Gasteiger partial charge in [0.25, 0.3) is 0 Å². The number of hydrogen-bond donors (Lipinski definition) is 2. The summed E-state index contributed by atoms with van der Waals surface area (Å²) in [7, 11) is 0. The molecule has 0 radical (unpaired) electrons. The molecule has 0 spiro atoms. The molecule has 0 amide bonds. The number of carboxylic acids is 2. The first-order chi connectivity index (χ1) is 14.8. The van der Waals surface area contributed by atoms with Gasteiger partial charge in [0.1, 0.15) is 13.2 Å². The van der Waals surface area contributed by atoms with Crippen LogP contribution in [0.15, 0.2) is 0 Å². The number of esters is 2. The third kappa shape index (κ3) is 20.5. The summed E-state index contributed by atoms with van der Waals surface area (Å²) in [6, 6.07) is 0. The monoisotopic (exact) mass is 450 g/mol. The maximum absolute atomic E-state index is 11.4. The van der Waals surface area contributed by atoms with Crippen LogP contribution in [0.2, 0.25) is 0 Å². The van der Waals surface area contributed by atoms with Gasteiger partial charge in [-0.1, -0.05) is 0 Å². The van der Waals surface area contributed by atoms with Crippen molar-refractivity contribution in [2.45, 2.75) is 38.5 Å². The molecule has 0 heterocycles. The summed E-state index contributed by atoms with van der Waals surface area (Å²) in [6.07, 6.45) is 0.429. The molecule has 0 atom stereocenters. The van der Waals surface area contributed by atoms with Crippen molar-refractivity contribution in [3.05, 3.63) is 0 Å². The van der Waals surface area contributed by atoms with Crippen molar-refractivity contribution < 1.29 is 57.9 Å². The van der Waals surface area contributed by atoms with Crippen molar-refractivity contribution in [1.82, 2.24) is 0 Å². The normalized spacial score (nSPS) is 10.5. The number of unbranched alkanes of at least 4 members (excludes halogenated alkanes) is 1. The molecule has 0 aromatic heterocycles. The molecule has 0 bridgehead atoms. The van der Waals surface area contributed by atoms with Crippen LogP contribution in [0, 0.1) is 0 Å². The van der Waals surface area contributed by atoms with Crippen LogP contribution in [-0.4, -0.2) is 92.7 Å². The van der Waals surface area contributed by atoms with Gasteiger partial charge in [0.05, 0.1) is 46.1 Å². The van der Waals surface area contributed by atoms with Crippen LogP contribution in [0.3, 0.4) is 0 Å². The van der Waals surface area contributed by atoms with Crippen molar-refractivity contribution in [1.29, 1.82) is 0 Å².